The molecular formula is C11H7Cl2NO. The van der Waals surface area contributed by atoms with Crippen LogP contribution in [0.5, 0.6) is 0 Å². The molecule has 0 aliphatic carbocycles. The first-order valence-corrected chi connectivity index (χ1v) is 5.37. The average molecular weight is 240 g/mol. The Bertz CT molecular complexity index is 537. The average Bonchev–Trinajstić information content (AvgIpc) is 3.02. The summed E-state index contributed by atoms with van der Waals surface area (Å²) >= 11 is 12.2. The van der Waals surface area contributed by atoms with Crippen molar-refractivity contribution in [3.63, 3.8) is 0 Å². The van der Waals surface area contributed by atoms with Gasteiger partial charge in [0.1, 0.15) is 6.10 Å². The minimum atomic E-state index is 0.112. The van der Waals surface area contributed by atoms with Gasteiger partial charge in [-0.1, -0.05) is 29.3 Å². The van der Waals surface area contributed by atoms with Gasteiger partial charge >= 0.3 is 0 Å². The van der Waals surface area contributed by atoms with Gasteiger partial charge in [0.05, 0.1) is 17.1 Å². The van der Waals surface area contributed by atoms with Gasteiger partial charge in [-0.25, -0.2) is 0 Å². The second-order valence-corrected chi connectivity index (χ2v) is 4.29. The molecule has 3 rings (SSSR count). The predicted molar refractivity (Wildman–Crippen MR) is 60.5 cm³/mol. The number of aromatic nitrogens is 1. The molecule has 1 aliphatic rings. The molecule has 1 unspecified atom stereocenters. The molecule has 0 bridgehead atoms. The molecule has 0 N–H and O–H groups in total. The highest BCUT2D eigenvalue weighted by molar-refractivity contribution is 6.39. The van der Waals surface area contributed by atoms with Crippen molar-refractivity contribution in [2.75, 3.05) is 6.61 Å². The molecule has 1 saturated heterocycles. The molecule has 1 aromatic carbocycles. The van der Waals surface area contributed by atoms with E-state index in [0.29, 0.717) is 10.0 Å². The van der Waals surface area contributed by atoms with Crippen molar-refractivity contribution in [2.24, 2.45) is 0 Å². The Hall–Kier alpha value is -0.830. The fraction of sp³-hybridized carbons (Fsp3) is 0.182. The lowest BCUT2D eigenvalue weighted by atomic mass is 10.1. The van der Waals surface area contributed by atoms with Gasteiger partial charge in [-0.05, 0) is 12.1 Å². The third-order valence-electron chi connectivity index (χ3n) is 2.49. The van der Waals surface area contributed by atoms with E-state index in [1.54, 1.807) is 12.3 Å². The van der Waals surface area contributed by atoms with Gasteiger partial charge in [0.25, 0.3) is 0 Å². The van der Waals surface area contributed by atoms with Crippen molar-refractivity contribution < 1.29 is 4.74 Å². The fourth-order valence-electron chi connectivity index (χ4n) is 1.74. The van der Waals surface area contributed by atoms with Crippen LogP contribution in [0.4, 0.5) is 0 Å². The quantitative estimate of drug-likeness (QED) is 0.711. The Morgan fingerprint density at radius 3 is 2.87 bits per heavy atom. The predicted octanol–water partition coefficient (Wildman–Crippen LogP) is 3.61. The number of hydrogen-bond donors (Lipinski definition) is 0. The molecule has 1 aromatic heterocycles. The maximum atomic E-state index is 6.15. The molecule has 0 radical (unpaired) electrons. The van der Waals surface area contributed by atoms with Crippen LogP contribution in [0.2, 0.25) is 10.0 Å². The second-order valence-electron chi connectivity index (χ2n) is 3.48. The summed E-state index contributed by atoms with van der Waals surface area (Å²) in [5.74, 6) is 0. The largest absolute Gasteiger partial charge is 0.368 e. The van der Waals surface area contributed by atoms with E-state index in [0.717, 1.165) is 23.1 Å². The van der Waals surface area contributed by atoms with Gasteiger partial charge in [0.2, 0.25) is 0 Å². The number of benzene rings is 1. The summed E-state index contributed by atoms with van der Waals surface area (Å²) in [6, 6.07) is 5.58. The molecule has 1 aliphatic heterocycles. The lowest BCUT2D eigenvalue weighted by Crippen LogP contribution is -1.89. The minimum Gasteiger partial charge on any atom is -0.368 e. The third kappa shape index (κ3) is 1.49. The normalized spacial score (nSPS) is 19.5. The SMILES string of the molecule is Clc1cc(Cl)c2ncccc2c1C1CO1. The van der Waals surface area contributed by atoms with Crippen LogP contribution in [0.3, 0.4) is 0 Å². The van der Waals surface area contributed by atoms with Gasteiger partial charge in [-0.2, -0.15) is 0 Å². The Balaban J connectivity index is 2.41. The van der Waals surface area contributed by atoms with Gasteiger partial charge in [-0.15, -0.1) is 0 Å². The summed E-state index contributed by atoms with van der Waals surface area (Å²) in [5.41, 5.74) is 1.79. The van der Waals surface area contributed by atoms with E-state index in [1.165, 1.54) is 0 Å². The summed E-state index contributed by atoms with van der Waals surface area (Å²) in [4.78, 5) is 4.25. The number of pyridine rings is 1. The van der Waals surface area contributed by atoms with Crippen molar-refractivity contribution in [1.29, 1.82) is 0 Å². The number of ether oxygens (including phenoxy) is 1. The number of fused-ring (bicyclic) bond motifs is 1. The molecule has 76 valence electrons. The number of nitrogens with zero attached hydrogens (tertiary/aromatic N) is 1. The van der Waals surface area contributed by atoms with Crippen LogP contribution in [0.1, 0.15) is 11.7 Å². The van der Waals surface area contributed by atoms with Gasteiger partial charge < -0.3 is 4.74 Å². The van der Waals surface area contributed by atoms with Crippen LogP contribution in [0.15, 0.2) is 24.4 Å². The molecular weight excluding hydrogens is 233 g/mol. The van der Waals surface area contributed by atoms with Crippen LogP contribution in [-0.2, 0) is 4.74 Å². The molecule has 2 nitrogen and oxygen atoms in total. The minimum absolute atomic E-state index is 0.112. The van der Waals surface area contributed by atoms with Crippen LogP contribution in [0.25, 0.3) is 10.9 Å². The first-order valence-electron chi connectivity index (χ1n) is 4.61. The van der Waals surface area contributed by atoms with E-state index >= 15 is 0 Å². The van der Waals surface area contributed by atoms with Crippen LogP contribution in [-0.4, -0.2) is 11.6 Å². The van der Waals surface area contributed by atoms with Crippen molar-refractivity contribution >= 4 is 34.1 Å². The maximum Gasteiger partial charge on any atom is 0.108 e. The molecule has 1 fully saturated rings. The number of hydrogen-bond acceptors (Lipinski definition) is 2. The Labute approximate surface area is 96.8 Å². The van der Waals surface area contributed by atoms with Crippen LogP contribution in [0, 0.1) is 0 Å². The lowest BCUT2D eigenvalue weighted by Gasteiger charge is -2.07. The first kappa shape index (κ1) is 9.40. The van der Waals surface area contributed by atoms with E-state index < -0.39 is 0 Å². The Morgan fingerprint density at radius 1 is 1.33 bits per heavy atom. The summed E-state index contributed by atoms with van der Waals surface area (Å²) < 4.78 is 5.27. The van der Waals surface area contributed by atoms with Crippen molar-refractivity contribution in [1.82, 2.24) is 4.98 Å². The van der Waals surface area contributed by atoms with E-state index in [4.69, 9.17) is 27.9 Å². The number of halogens is 2. The second kappa shape index (κ2) is 3.34. The molecule has 2 heterocycles. The Kier molecular flexibility index (Phi) is 2.09. The third-order valence-corrected chi connectivity index (χ3v) is 3.09. The molecule has 0 saturated carbocycles. The van der Waals surface area contributed by atoms with Crippen molar-refractivity contribution in [3.05, 3.63) is 40.0 Å². The zero-order valence-corrected chi connectivity index (χ0v) is 9.22. The highest BCUT2D eigenvalue weighted by Crippen LogP contribution is 2.41. The van der Waals surface area contributed by atoms with Crippen LogP contribution < -0.4 is 0 Å². The summed E-state index contributed by atoms with van der Waals surface area (Å²) in [5, 5.41) is 2.22. The molecule has 1 atom stereocenters. The summed E-state index contributed by atoms with van der Waals surface area (Å²) in [7, 11) is 0. The molecule has 0 spiro atoms. The fourth-order valence-corrected chi connectivity index (χ4v) is 2.39. The summed E-state index contributed by atoms with van der Waals surface area (Å²) in [6.45, 7) is 0.728. The van der Waals surface area contributed by atoms with Gasteiger partial charge in [0, 0.05) is 22.2 Å². The first-order chi connectivity index (χ1) is 7.27. The van der Waals surface area contributed by atoms with Gasteiger partial charge in [-0.3, -0.25) is 4.98 Å². The zero-order chi connectivity index (χ0) is 10.4. The monoisotopic (exact) mass is 239 g/mol. The topological polar surface area (TPSA) is 25.4 Å². The number of epoxide rings is 1. The zero-order valence-electron chi connectivity index (χ0n) is 7.71. The van der Waals surface area contributed by atoms with Crippen molar-refractivity contribution in [2.45, 2.75) is 6.10 Å². The highest BCUT2D eigenvalue weighted by Gasteiger charge is 2.29. The Morgan fingerprint density at radius 2 is 2.13 bits per heavy atom. The molecule has 0 amide bonds. The lowest BCUT2D eigenvalue weighted by molar-refractivity contribution is 0.417. The van der Waals surface area contributed by atoms with E-state index in [1.807, 2.05) is 12.1 Å². The highest BCUT2D eigenvalue weighted by atomic mass is 35.5. The smallest absolute Gasteiger partial charge is 0.108 e. The molecule has 15 heavy (non-hydrogen) atoms. The standard InChI is InChI=1S/C11H7Cl2NO/c12-7-4-8(13)11-6(2-1-3-14-11)10(7)9-5-15-9/h1-4,9H,5H2. The molecule has 2 aromatic rings. The molecule has 4 heteroatoms. The summed E-state index contributed by atoms with van der Waals surface area (Å²) in [6.07, 6.45) is 1.83. The van der Waals surface area contributed by atoms with E-state index in [-0.39, 0.29) is 6.10 Å². The number of rotatable bonds is 1. The maximum absolute atomic E-state index is 6.15. The van der Waals surface area contributed by atoms with E-state index in [2.05, 4.69) is 4.98 Å². The van der Waals surface area contributed by atoms with Gasteiger partial charge in [0.15, 0.2) is 0 Å². The van der Waals surface area contributed by atoms with Crippen LogP contribution >= 0.6 is 23.2 Å². The van der Waals surface area contributed by atoms with E-state index in [9.17, 15) is 0 Å². The van der Waals surface area contributed by atoms with Crippen molar-refractivity contribution in [3.8, 4) is 0 Å².